The number of para-hydroxylation sites is 1. The normalized spacial score (nSPS) is 12.5. The number of anilines is 1. The van der Waals surface area contributed by atoms with Crippen molar-refractivity contribution >= 4 is 44.4 Å². The average Bonchev–Trinajstić information content (AvgIpc) is 3.33. The van der Waals surface area contributed by atoms with Gasteiger partial charge in [-0.05, 0) is 48.1 Å². The van der Waals surface area contributed by atoms with E-state index in [4.69, 9.17) is 0 Å². The molecule has 34 heavy (non-hydrogen) atoms. The number of rotatable bonds is 9. The molecular formula is C25H26N4O3S2. The summed E-state index contributed by atoms with van der Waals surface area (Å²) in [5.41, 5.74) is 4.41. The molecule has 0 aliphatic rings. The molecule has 4 aromatic rings. The molecule has 1 aromatic heterocycles. The maximum Gasteiger partial charge on any atom is 0.243 e. The summed E-state index contributed by atoms with van der Waals surface area (Å²) in [5, 5.41) is 3.02. The first kappa shape index (κ1) is 24.0. The fraction of sp³-hybridized carbons (Fsp3) is 0.240. The van der Waals surface area contributed by atoms with Crippen molar-refractivity contribution in [2.75, 3.05) is 5.32 Å². The van der Waals surface area contributed by atoms with Crippen molar-refractivity contribution in [3.8, 4) is 0 Å². The van der Waals surface area contributed by atoms with Crippen molar-refractivity contribution in [3.63, 3.8) is 0 Å². The quantitative estimate of drug-likeness (QED) is 0.360. The number of sulfonamides is 1. The van der Waals surface area contributed by atoms with Gasteiger partial charge in [0.25, 0.3) is 0 Å². The number of benzene rings is 3. The summed E-state index contributed by atoms with van der Waals surface area (Å²) in [6.07, 6.45) is 1.70. The van der Waals surface area contributed by atoms with Gasteiger partial charge in [0, 0.05) is 5.69 Å². The Balaban J connectivity index is 1.69. The molecule has 4 rings (SSSR count). The standard InChI is InChI=1S/C25H26N4O3S2/c1-3-18-12-8-13-19(4-2)23(18)26-25(30)21(16-17-10-6-5-7-11-17)29-34(31,32)22-15-9-14-20-24(22)28-33-27-20/h5-15,21,29H,3-4,16H2,1-2H3,(H,26,30)/t21-/m0/s1. The van der Waals surface area contributed by atoms with Gasteiger partial charge in [-0.3, -0.25) is 4.79 Å². The van der Waals surface area contributed by atoms with Crippen LogP contribution in [-0.4, -0.2) is 29.1 Å². The van der Waals surface area contributed by atoms with E-state index in [1.165, 1.54) is 6.07 Å². The van der Waals surface area contributed by atoms with E-state index < -0.39 is 22.0 Å². The van der Waals surface area contributed by atoms with Gasteiger partial charge < -0.3 is 5.32 Å². The average molecular weight is 495 g/mol. The highest BCUT2D eigenvalue weighted by molar-refractivity contribution is 7.89. The van der Waals surface area contributed by atoms with Crippen LogP contribution in [0.3, 0.4) is 0 Å². The number of hydrogen-bond donors (Lipinski definition) is 2. The summed E-state index contributed by atoms with van der Waals surface area (Å²) < 4.78 is 37.7. The smallest absolute Gasteiger partial charge is 0.243 e. The summed E-state index contributed by atoms with van der Waals surface area (Å²) in [6.45, 7) is 4.05. The number of amides is 1. The first-order valence-electron chi connectivity index (χ1n) is 11.1. The molecule has 0 bridgehead atoms. The van der Waals surface area contributed by atoms with Crippen molar-refractivity contribution in [1.29, 1.82) is 0 Å². The van der Waals surface area contributed by atoms with Crippen LogP contribution in [-0.2, 0) is 34.1 Å². The topological polar surface area (TPSA) is 101 Å². The van der Waals surface area contributed by atoms with Crippen LogP contribution in [0.1, 0.15) is 30.5 Å². The zero-order valence-corrected chi connectivity index (χ0v) is 20.6. The summed E-state index contributed by atoms with van der Waals surface area (Å²) in [4.78, 5) is 13.5. The Morgan fingerprint density at radius 1 is 0.912 bits per heavy atom. The molecule has 0 spiro atoms. The van der Waals surface area contributed by atoms with E-state index in [0.717, 1.165) is 46.9 Å². The van der Waals surface area contributed by atoms with Gasteiger partial charge in [0.2, 0.25) is 15.9 Å². The van der Waals surface area contributed by atoms with Gasteiger partial charge in [-0.15, -0.1) is 0 Å². The second-order valence-electron chi connectivity index (χ2n) is 7.90. The van der Waals surface area contributed by atoms with Gasteiger partial charge in [0.1, 0.15) is 22.0 Å². The maximum absolute atomic E-state index is 13.5. The Labute approximate surface area is 203 Å². The van der Waals surface area contributed by atoms with Crippen LogP contribution < -0.4 is 10.0 Å². The molecule has 0 aliphatic heterocycles. The molecular weight excluding hydrogens is 468 g/mol. The summed E-state index contributed by atoms with van der Waals surface area (Å²) in [7, 11) is -4.05. The van der Waals surface area contributed by atoms with E-state index in [1.54, 1.807) is 12.1 Å². The lowest BCUT2D eigenvalue weighted by Gasteiger charge is -2.21. The van der Waals surface area contributed by atoms with Gasteiger partial charge in [0.15, 0.2) is 0 Å². The highest BCUT2D eigenvalue weighted by atomic mass is 32.2. The maximum atomic E-state index is 13.5. The summed E-state index contributed by atoms with van der Waals surface area (Å²) >= 11 is 0.949. The zero-order chi connectivity index (χ0) is 24.1. The number of nitrogens with zero attached hydrogens (tertiary/aromatic N) is 2. The largest absolute Gasteiger partial charge is 0.324 e. The number of hydrogen-bond acceptors (Lipinski definition) is 6. The van der Waals surface area contributed by atoms with Gasteiger partial charge in [-0.25, -0.2) is 8.42 Å². The van der Waals surface area contributed by atoms with E-state index in [0.29, 0.717) is 11.0 Å². The molecule has 3 aromatic carbocycles. The van der Waals surface area contributed by atoms with Crippen LogP contribution in [0.4, 0.5) is 5.69 Å². The van der Waals surface area contributed by atoms with Crippen LogP contribution >= 0.6 is 11.7 Å². The molecule has 0 unspecified atom stereocenters. The minimum atomic E-state index is -4.05. The van der Waals surface area contributed by atoms with E-state index in [2.05, 4.69) is 18.8 Å². The van der Waals surface area contributed by atoms with Gasteiger partial charge in [-0.2, -0.15) is 13.5 Å². The summed E-state index contributed by atoms with van der Waals surface area (Å²) in [6, 6.07) is 19.1. The van der Waals surface area contributed by atoms with Crippen molar-refractivity contribution in [3.05, 3.63) is 83.4 Å². The lowest BCUT2D eigenvalue weighted by molar-refractivity contribution is -0.117. The van der Waals surface area contributed by atoms with Gasteiger partial charge in [0.05, 0.1) is 11.7 Å². The molecule has 1 amide bonds. The molecule has 2 N–H and O–H groups in total. The van der Waals surface area contributed by atoms with E-state index >= 15 is 0 Å². The SMILES string of the molecule is CCc1cccc(CC)c1NC(=O)[C@H](Cc1ccccc1)NS(=O)(=O)c1cccc2nsnc12. The highest BCUT2D eigenvalue weighted by Crippen LogP contribution is 2.24. The molecule has 0 radical (unpaired) electrons. The van der Waals surface area contributed by atoms with Crippen molar-refractivity contribution < 1.29 is 13.2 Å². The number of fused-ring (bicyclic) bond motifs is 1. The van der Waals surface area contributed by atoms with Crippen LogP contribution in [0.25, 0.3) is 11.0 Å². The Hall–Kier alpha value is -3.14. The van der Waals surface area contributed by atoms with E-state index in [9.17, 15) is 13.2 Å². The third kappa shape index (κ3) is 5.16. The van der Waals surface area contributed by atoms with Crippen molar-refractivity contribution in [2.24, 2.45) is 0 Å². The molecule has 176 valence electrons. The number of nitrogens with one attached hydrogen (secondary N) is 2. The number of carbonyl (C=O) groups is 1. The molecule has 0 fully saturated rings. The van der Waals surface area contributed by atoms with Gasteiger partial charge in [-0.1, -0.05) is 68.4 Å². The highest BCUT2D eigenvalue weighted by Gasteiger charge is 2.29. The minimum Gasteiger partial charge on any atom is -0.324 e. The number of carbonyl (C=O) groups excluding carboxylic acids is 1. The fourth-order valence-electron chi connectivity index (χ4n) is 3.90. The predicted octanol–water partition coefficient (Wildman–Crippen LogP) is 4.34. The van der Waals surface area contributed by atoms with Crippen LogP contribution in [0.5, 0.6) is 0 Å². The Kier molecular flexibility index (Phi) is 7.35. The van der Waals surface area contributed by atoms with E-state index in [1.807, 2.05) is 62.4 Å². The zero-order valence-electron chi connectivity index (χ0n) is 19.0. The van der Waals surface area contributed by atoms with Crippen LogP contribution in [0.2, 0.25) is 0 Å². The molecule has 9 heteroatoms. The molecule has 0 aliphatic carbocycles. The van der Waals surface area contributed by atoms with E-state index in [-0.39, 0.29) is 11.3 Å². The lowest BCUT2D eigenvalue weighted by atomic mass is 10.0. The predicted molar refractivity (Wildman–Crippen MR) is 135 cm³/mol. The Bertz CT molecular complexity index is 1380. The van der Waals surface area contributed by atoms with Crippen molar-refractivity contribution in [1.82, 2.24) is 13.5 Å². The minimum absolute atomic E-state index is 0.00724. The molecule has 1 atom stereocenters. The van der Waals surface area contributed by atoms with Crippen LogP contribution in [0.15, 0.2) is 71.6 Å². The lowest BCUT2D eigenvalue weighted by Crippen LogP contribution is -2.45. The van der Waals surface area contributed by atoms with Crippen molar-refractivity contribution in [2.45, 2.75) is 44.0 Å². The third-order valence-corrected chi connectivity index (χ3v) is 7.73. The molecule has 0 saturated heterocycles. The Morgan fingerprint density at radius 2 is 1.59 bits per heavy atom. The molecule has 1 heterocycles. The molecule has 0 saturated carbocycles. The summed E-state index contributed by atoms with van der Waals surface area (Å²) in [5.74, 6) is -0.411. The fourth-order valence-corrected chi connectivity index (χ4v) is 5.86. The van der Waals surface area contributed by atoms with Gasteiger partial charge >= 0.3 is 0 Å². The monoisotopic (exact) mass is 494 g/mol. The second-order valence-corrected chi connectivity index (χ2v) is 10.1. The first-order chi connectivity index (χ1) is 16.4. The number of aryl methyl sites for hydroxylation is 2. The third-order valence-electron chi connectivity index (χ3n) is 5.68. The Morgan fingerprint density at radius 3 is 2.26 bits per heavy atom. The second kappa shape index (κ2) is 10.4. The number of aromatic nitrogens is 2. The molecule has 7 nitrogen and oxygen atoms in total. The van der Waals surface area contributed by atoms with Crippen LogP contribution in [0, 0.1) is 0 Å². The first-order valence-corrected chi connectivity index (χ1v) is 13.3.